The van der Waals surface area contributed by atoms with E-state index < -0.39 is 11.4 Å². The highest BCUT2D eigenvalue weighted by atomic mass is 35.5. The van der Waals surface area contributed by atoms with Crippen LogP contribution in [0.5, 0.6) is 0 Å². The molecule has 1 N–H and O–H groups in total. The zero-order valence-corrected chi connectivity index (χ0v) is 9.45. The van der Waals surface area contributed by atoms with Gasteiger partial charge in [-0.15, -0.1) is 0 Å². The van der Waals surface area contributed by atoms with Gasteiger partial charge in [0.05, 0.1) is 23.5 Å². The predicted octanol–water partition coefficient (Wildman–Crippen LogP) is 2.17. The van der Waals surface area contributed by atoms with Gasteiger partial charge in [-0.1, -0.05) is 18.5 Å². The van der Waals surface area contributed by atoms with Crippen molar-refractivity contribution in [2.24, 2.45) is 5.41 Å². The lowest BCUT2D eigenvalue weighted by atomic mass is 9.83. The third kappa shape index (κ3) is 2.89. The Bertz CT molecular complexity index is 353. The van der Waals surface area contributed by atoms with Crippen molar-refractivity contribution in [1.82, 2.24) is 9.97 Å². The largest absolute Gasteiger partial charge is 0.481 e. The van der Waals surface area contributed by atoms with Crippen LogP contribution in [0.4, 0.5) is 0 Å². The van der Waals surface area contributed by atoms with Crippen molar-refractivity contribution < 1.29 is 9.90 Å². The van der Waals surface area contributed by atoms with Crippen molar-refractivity contribution in [3.8, 4) is 0 Å². The molecule has 0 aromatic carbocycles. The molecule has 0 fully saturated rings. The molecule has 15 heavy (non-hydrogen) atoms. The summed E-state index contributed by atoms with van der Waals surface area (Å²) in [6, 6.07) is 0. The summed E-state index contributed by atoms with van der Waals surface area (Å²) < 4.78 is 0. The van der Waals surface area contributed by atoms with Gasteiger partial charge in [-0.25, -0.2) is 4.98 Å². The summed E-state index contributed by atoms with van der Waals surface area (Å²) in [7, 11) is 0. The molecule has 1 aromatic rings. The summed E-state index contributed by atoms with van der Waals surface area (Å²) in [6.07, 6.45) is 3.85. The first-order valence-corrected chi connectivity index (χ1v) is 5.05. The lowest BCUT2D eigenvalue weighted by Crippen LogP contribution is -2.29. The number of aliphatic carboxylic acids is 1. The highest BCUT2D eigenvalue weighted by Crippen LogP contribution is 2.25. The summed E-state index contributed by atoms with van der Waals surface area (Å²) in [5.41, 5.74) is -0.145. The molecule has 1 unspecified atom stereocenters. The molecule has 1 rings (SSSR count). The first kappa shape index (κ1) is 11.9. The summed E-state index contributed by atoms with van der Waals surface area (Å²) in [5.74, 6) is -0.818. The van der Waals surface area contributed by atoms with Crippen LogP contribution < -0.4 is 0 Å². The number of hydrogen-bond acceptors (Lipinski definition) is 3. The van der Waals surface area contributed by atoms with E-state index in [1.165, 1.54) is 12.4 Å². The molecule has 0 bridgehead atoms. The summed E-state index contributed by atoms with van der Waals surface area (Å²) in [6.45, 7) is 3.54. The SMILES string of the molecule is CCC(C)(Cc1cnc(Cl)cn1)C(=O)O. The molecule has 1 atom stereocenters. The number of aromatic nitrogens is 2. The average molecular weight is 229 g/mol. The van der Waals surface area contributed by atoms with Gasteiger partial charge in [0.1, 0.15) is 5.15 Å². The van der Waals surface area contributed by atoms with Crippen molar-refractivity contribution >= 4 is 17.6 Å². The van der Waals surface area contributed by atoms with E-state index in [0.29, 0.717) is 23.7 Å². The second-order valence-corrected chi connectivity index (χ2v) is 4.11. The molecule has 0 radical (unpaired) electrons. The Kier molecular flexibility index (Phi) is 3.63. The number of halogens is 1. The van der Waals surface area contributed by atoms with Crippen LogP contribution in [0.25, 0.3) is 0 Å². The fourth-order valence-electron chi connectivity index (χ4n) is 1.18. The minimum absolute atomic E-state index is 0.312. The van der Waals surface area contributed by atoms with E-state index >= 15 is 0 Å². The monoisotopic (exact) mass is 228 g/mol. The molecule has 0 spiro atoms. The van der Waals surface area contributed by atoms with Crippen molar-refractivity contribution in [3.05, 3.63) is 23.2 Å². The van der Waals surface area contributed by atoms with E-state index in [1.807, 2.05) is 6.92 Å². The normalized spacial score (nSPS) is 14.6. The summed E-state index contributed by atoms with van der Waals surface area (Å²) in [5, 5.41) is 9.39. The van der Waals surface area contributed by atoms with E-state index in [9.17, 15) is 4.79 Å². The first-order chi connectivity index (χ1) is 6.98. The van der Waals surface area contributed by atoms with Crippen molar-refractivity contribution in [2.45, 2.75) is 26.7 Å². The Morgan fingerprint density at radius 1 is 1.53 bits per heavy atom. The highest BCUT2D eigenvalue weighted by molar-refractivity contribution is 6.29. The zero-order valence-electron chi connectivity index (χ0n) is 8.70. The fraction of sp³-hybridized carbons (Fsp3) is 0.500. The van der Waals surface area contributed by atoms with E-state index in [1.54, 1.807) is 6.92 Å². The number of hydrogen-bond donors (Lipinski definition) is 1. The van der Waals surface area contributed by atoms with Gasteiger partial charge in [0.2, 0.25) is 0 Å². The molecule has 0 amide bonds. The smallest absolute Gasteiger partial charge is 0.309 e. The maximum atomic E-state index is 11.0. The van der Waals surface area contributed by atoms with E-state index in [0.717, 1.165) is 0 Å². The van der Waals surface area contributed by atoms with Crippen molar-refractivity contribution in [3.63, 3.8) is 0 Å². The minimum atomic E-state index is -0.818. The Morgan fingerprint density at radius 3 is 2.60 bits per heavy atom. The Morgan fingerprint density at radius 2 is 2.20 bits per heavy atom. The van der Waals surface area contributed by atoms with Crippen LogP contribution in [-0.2, 0) is 11.2 Å². The van der Waals surface area contributed by atoms with Gasteiger partial charge in [0, 0.05) is 6.42 Å². The van der Waals surface area contributed by atoms with Gasteiger partial charge < -0.3 is 5.11 Å². The van der Waals surface area contributed by atoms with Crippen LogP contribution in [0.3, 0.4) is 0 Å². The minimum Gasteiger partial charge on any atom is -0.481 e. The summed E-state index contributed by atoms with van der Waals surface area (Å²) in [4.78, 5) is 19.0. The molecule has 82 valence electrons. The van der Waals surface area contributed by atoms with Gasteiger partial charge in [-0.2, -0.15) is 0 Å². The van der Waals surface area contributed by atoms with Crippen molar-refractivity contribution in [2.75, 3.05) is 0 Å². The fourth-order valence-corrected chi connectivity index (χ4v) is 1.28. The topological polar surface area (TPSA) is 63.1 Å². The van der Waals surface area contributed by atoms with Gasteiger partial charge in [-0.3, -0.25) is 9.78 Å². The Labute approximate surface area is 93.3 Å². The third-order valence-corrected chi connectivity index (χ3v) is 2.74. The second-order valence-electron chi connectivity index (χ2n) is 3.73. The molecular formula is C10H13ClN2O2. The Hall–Kier alpha value is -1.16. The van der Waals surface area contributed by atoms with Crippen molar-refractivity contribution in [1.29, 1.82) is 0 Å². The third-order valence-electron chi connectivity index (χ3n) is 2.54. The predicted molar refractivity (Wildman–Crippen MR) is 56.8 cm³/mol. The van der Waals surface area contributed by atoms with E-state index in [2.05, 4.69) is 9.97 Å². The molecule has 4 nitrogen and oxygen atoms in total. The average Bonchev–Trinajstić information content (AvgIpc) is 2.21. The maximum Gasteiger partial charge on any atom is 0.309 e. The molecule has 0 aliphatic heterocycles. The molecule has 0 saturated heterocycles. The maximum absolute atomic E-state index is 11.0. The van der Waals surface area contributed by atoms with Gasteiger partial charge in [0.25, 0.3) is 0 Å². The molecule has 0 aliphatic carbocycles. The number of carboxylic acid groups (broad SMARTS) is 1. The summed E-state index contributed by atoms with van der Waals surface area (Å²) >= 11 is 5.59. The van der Waals surface area contributed by atoms with Crippen LogP contribution in [0.15, 0.2) is 12.4 Å². The first-order valence-electron chi connectivity index (χ1n) is 4.68. The zero-order chi connectivity index (χ0) is 11.5. The number of carbonyl (C=O) groups is 1. The van der Waals surface area contributed by atoms with Gasteiger partial charge in [0.15, 0.2) is 0 Å². The quantitative estimate of drug-likeness (QED) is 0.858. The lowest BCUT2D eigenvalue weighted by Gasteiger charge is -2.21. The number of rotatable bonds is 4. The molecule has 0 aliphatic rings. The van der Waals surface area contributed by atoms with E-state index in [-0.39, 0.29) is 0 Å². The standard InChI is InChI=1S/C10H13ClN2O2/c1-3-10(2,9(14)15)4-7-5-13-8(11)6-12-7/h5-6H,3-4H2,1-2H3,(H,14,15). The second kappa shape index (κ2) is 4.57. The Balaban J connectivity index is 2.84. The van der Waals surface area contributed by atoms with E-state index in [4.69, 9.17) is 16.7 Å². The number of carboxylic acids is 1. The molecule has 1 heterocycles. The molecule has 1 aromatic heterocycles. The lowest BCUT2D eigenvalue weighted by molar-refractivity contribution is -0.148. The van der Waals surface area contributed by atoms with Crippen LogP contribution in [0.2, 0.25) is 5.15 Å². The van der Waals surface area contributed by atoms with Crippen LogP contribution in [0, 0.1) is 5.41 Å². The molecular weight excluding hydrogens is 216 g/mol. The molecule has 0 saturated carbocycles. The molecule has 5 heteroatoms. The van der Waals surface area contributed by atoms with Crippen LogP contribution in [0.1, 0.15) is 26.0 Å². The highest BCUT2D eigenvalue weighted by Gasteiger charge is 2.31. The van der Waals surface area contributed by atoms with Crippen LogP contribution in [-0.4, -0.2) is 21.0 Å². The van der Waals surface area contributed by atoms with Gasteiger partial charge >= 0.3 is 5.97 Å². The number of nitrogens with zero attached hydrogens (tertiary/aromatic N) is 2. The van der Waals surface area contributed by atoms with Crippen LogP contribution >= 0.6 is 11.6 Å². The van der Waals surface area contributed by atoms with Gasteiger partial charge in [-0.05, 0) is 13.3 Å².